The van der Waals surface area contributed by atoms with Gasteiger partial charge in [-0.05, 0) is 32.0 Å². The van der Waals surface area contributed by atoms with Gasteiger partial charge >= 0.3 is 0 Å². The van der Waals surface area contributed by atoms with Crippen LogP contribution in [0.2, 0.25) is 0 Å². The fourth-order valence-corrected chi connectivity index (χ4v) is 3.28. The first-order valence-electron chi connectivity index (χ1n) is 7.97. The summed E-state index contributed by atoms with van der Waals surface area (Å²) in [6, 6.07) is 9.07. The second kappa shape index (κ2) is 10.4. The first-order valence-corrected chi connectivity index (χ1v) is 9.13. The van der Waals surface area contributed by atoms with Crippen LogP contribution in [-0.2, 0) is 13.1 Å². The summed E-state index contributed by atoms with van der Waals surface area (Å²) < 4.78 is 0. The van der Waals surface area contributed by atoms with Crippen molar-refractivity contribution in [3.05, 3.63) is 35.4 Å². The van der Waals surface area contributed by atoms with Crippen LogP contribution in [0.5, 0.6) is 0 Å². The molecule has 1 aromatic rings. The Morgan fingerprint density at radius 2 is 1.87 bits per heavy atom. The normalized spacial score (nSPS) is 15.9. The SMILES string of the molecule is CC(C)N(C)Cc1ccccc1CN=C(N)N1CCSCC1.I. The van der Waals surface area contributed by atoms with E-state index < -0.39 is 0 Å². The van der Waals surface area contributed by atoms with Crippen molar-refractivity contribution in [2.24, 2.45) is 10.7 Å². The fourth-order valence-electron chi connectivity index (χ4n) is 2.38. The zero-order chi connectivity index (χ0) is 15.9. The number of thioether (sulfide) groups is 1. The van der Waals surface area contributed by atoms with Crippen molar-refractivity contribution in [2.75, 3.05) is 31.6 Å². The number of halogens is 1. The molecule has 0 aromatic heterocycles. The molecule has 1 aliphatic heterocycles. The molecule has 23 heavy (non-hydrogen) atoms. The van der Waals surface area contributed by atoms with E-state index in [9.17, 15) is 0 Å². The summed E-state index contributed by atoms with van der Waals surface area (Å²) in [5.74, 6) is 2.98. The maximum atomic E-state index is 6.15. The van der Waals surface area contributed by atoms with Crippen LogP contribution in [-0.4, -0.2) is 53.4 Å². The number of guanidine groups is 1. The summed E-state index contributed by atoms with van der Waals surface area (Å²) in [5, 5.41) is 0. The lowest BCUT2D eigenvalue weighted by Crippen LogP contribution is -2.42. The first kappa shape index (κ1) is 20.6. The van der Waals surface area contributed by atoms with Crippen LogP contribution in [0.4, 0.5) is 0 Å². The number of nitrogens with zero attached hydrogens (tertiary/aromatic N) is 3. The van der Waals surface area contributed by atoms with Gasteiger partial charge in [0.25, 0.3) is 0 Å². The van der Waals surface area contributed by atoms with Gasteiger partial charge in [-0.1, -0.05) is 24.3 Å². The highest BCUT2D eigenvalue weighted by Gasteiger charge is 2.12. The van der Waals surface area contributed by atoms with Gasteiger partial charge in [0.1, 0.15) is 0 Å². The molecule has 0 saturated carbocycles. The largest absolute Gasteiger partial charge is 0.370 e. The van der Waals surface area contributed by atoms with Crippen molar-refractivity contribution in [1.29, 1.82) is 0 Å². The third kappa shape index (κ3) is 6.51. The van der Waals surface area contributed by atoms with Gasteiger partial charge < -0.3 is 10.6 Å². The molecule has 0 aliphatic carbocycles. The minimum Gasteiger partial charge on any atom is -0.370 e. The van der Waals surface area contributed by atoms with Gasteiger partial charge in [0.05, 0.1) is 6.54 Å². The van der Waals surface area contributed by atoms with Crippen LogP contribution >= 0.6 is 35.7 Å². The molecule has 2 rings (SSSR count). The lowest BCUT2D eigenvalue weighted by molar-refractivity contribution is 0.265. The van der Waals surface area contributed by atoms with Crippen LogP contribution in [0.1, 0.15) is 25.0 Å². The molecule has 1 heterocycles. The second-order valence-corrected chi connectivity index (χ2v) is 7.28. The topological polar surface area (TPSA) is 44.9 Å². The molecule has 0 bridgehead atoms. The third-order valence-corrected chi connectivity index (χ3v) is 5.11. The van der Waals surface area contributed by atoms with E-state index in [0.29, 0.717) is 18.5 Å². The van der Waals surface area contributed by atoms with Crippen molar-refractivity contribution in [3.63, 3.8) is 0 Å². The standard InChI is InChI=1S/C17H28N4S.HI/c1-14(2)20(3)13-16-7-5-4-6-15(16)12-19-17(18)21-8-10-22-11-9-21;/h4-7,14H,8-13H2,1-3H3,(H2,18,19);1H. The van der Waals surface area contributed by atoms with E-state index in [4.69, 9.17) is 5.73 Å². The smallest absolute Gasteiger partial charge is 0.191 e. The molecule has 0 spiro atoms. The zero-order valence-electron chi connectivity index (χ0n) is 14.4. The minimum atomic E-state index is 0. The Kier molecular flexibility index (Phi) is 9.31. The van der Waals surface area contributed by atoms with Crippen molar-refractivity contribution in [2.45, 2.75) is 33.0 Å². The number of aliphatic imine (C=N–C) groups is 1. The molecule has 0 radical (unpaired) electrons. The number of hydrogen-bond donors (Lipinski definition) is 1. The highest BCUT2D eigenvalue weighted by atomic mass is 127. The Morgan fingerprint density at radius 1 is 1.26 bits per heavy atom. The van der Waals surface area contributed by atoms with E-state index in [1.165, 1.54) is 11.1 Å². The fraction of sp³-hybridized carbons (Fsp3) is 0.588. The number of nitrogens with two attached hydrogens (primary N) is 1. The Hall–Kier alpha value is -0.470. The summed E-state index contributed by atoms with van der Waals surface area (Å²) >= 11 is 1.98. The number of rotatable bonds is 5. The molecule has 4 nitrogen and oxygen atoms in total. The van der Waals surface area contributed by atoms with E-state index in [1.807, 2.05) is 11.8 Å². The van der Waals surface area contributed by atoms with Crippen LogP contribution < -0.4 is 5.73 Å². The average molecular weight is 448 g/mol. The van der Waals surface area contributed by atoms with Gasteiger partial charge in [-0.15, -0.1) is 24.0 Å². The van der Waals surface area contributed by atoms with Crippen LogP contribution in [0.15, 0.2) is 29.3 Å². The van der Waals surface area contributed by atoms with E-state index >= 15 is 0 Å². The molecule has 1 aliphatic rings. The molecule has 1 aromatic carbocycles. The quantitative estimate of drug-likeness (QED) is 0.428. The molecule has 1 fully saturated rings. The maximum Gasteiger partial charge on any atom is 0.191 e. The van der Waals surface area contributed by atoms with Crippen molar-refractivity contribution in [3.8, 4) is 0 Å². The Morgan fingerprint density at radius 3 is 2.48 bits per heavy atom. The van der Waals surface area contributed by atoms with Gasteiger partial charge in [0.2, 0.25) is 0 Å². The summed E-state index contributed by atoms with van der Waals surface area (Å²) in [5.41, 5.74) is 8.76. The zero-order valence-corrected chi connectivity index (χ0v) is 17.5. The van der Waals surface area contributed by atoms with E-state index in [2.05, 4.69) is 60.0 Å². The monoisotopic (exact) mass is 448 g/mol. The second-order valence-electron chi connectivity index (χ2n) is 6.05. The molecule has 0 atom stereocenters. The first-order chi connectivity index (χ1) is 10.6. The molecule has 2 N–H and O–H groups in total. The lowest BCUT2D eigenvalue weighted by atomic mass is 10.1. The number of benzene rings is 1. The highest BCUT2D eigenvalue weighted by molar-refractivity contribution is 14.0. The van der Waals surface area contributed by atoms with Gasteiger partial charge in [-0.25, -0.2) is 4.99 Å². The molecular formula is C17H29IN4S. The molecular weight excluding hydrogens is 419 g/mol. The van der Waals surface area contributed by atoms with Crippen molar-refractivity contribution in [1.82, 2.24) is 9.80 Å². The summed E-state index contributed by atoms with van der Waals surface area (Å²) in [6.07, 6.45) is 0. The summed E-state index contributed by atoms with van der Waals surface area (Å²) in [7, 11) is 2.16. The predicted molar refractivity (Wildman–Crippen MR) is 113 cm³/mol. The molecule has 0 amide bonds. The number of hydrogen-bond acceptors (Lipinski definition) is 3. The van der Waals surface area contributed by atoms with Gasteiger partial charge in [0.15, 0.2) is 5.96 Å². The van der Waals surface area contributed by atoms with Gasteiger partial charge in [-0.3, -0.25) is 4.90 Å². The van der Waals surface area contributed by atoms with Crippen molar-refractivity contribution >= 4 is 41.7 Å². The molecule has 0 unspecified atom stereocenters. The Labute approximate surface area is 161 Å². The third-order valence-electron chi connectivity index (χ3n) is 4.17. The molecule has 6 heteroatoms. The van der Waals surface area contributed by atoms with E-state index in [0.717, 1.165) is 31.1 Å². The minimum absolute atomic E-state index is 0. The summed E-state index contributed by atoms with van der Waals surface area (Å²) in [4.78, 5) is 9.16. The molecule has 1 saturated heterocycles. The predicted octanol–water partition coefficient (Wildman–Crippen LogP) is 3.01. The van der Waals surface area contributed by atoms with Gasteiger partial charge in [0, 0.05) is 37.2 Å². The van der Waals surface area contributed by atoms with Gasteiger partial charge in [-0.2, -0.15) is 11.8 Å². The highest BCUT2D eigenvalue weighted by Crippen LogP contribution is 2.14. The van der Waals surface area contributed by atoms with Crippen LogP contribution in [0.3, 0.4) is 0 Å². The Balaban J connectivity index is 0.00000264. The average Bonchev–Trinajstić information content (AvgIpc) is 2.54. The maximum absolute atomic E-state index is 6.15. The Bertz CT molecular complexity index is 501. The molecule has 130 valence electrons. The lowest BCUT2D eigenvalue weighted by Gasteiger charge is -2.27. The van der Waals surface area contributed by atoms with E-state index in [1.54, 1.807) is 0 Å². The summed E-state index contributed by atoms with van der Waals surface area (Å²) in [6.45, 7) is 8.07. The van der Waals surface area contributed by atoms with Crippen LogP contribution in [0, 0.1) is 0 Å². The van der Waals surface area contributed by atoms with Crippen molar-refractivity contribution < 1.29 is 0 Å². The van der Waals surface area contributed by atoms with E-state index in [-0.39, 0.29) is 24.0 Å². The van der Waals surface area contributed by atoms with Crippen LogP contribution in [0.25, 0.3) is 0 Å².